The second-order valence-corrected chi connectivity index (χ2v) is 7.37. The Morgan fingerprint density at radius 2 is 2.19 bits per heavy atom. The van der Waals surface area contributed by atoms with E-state index in [-0.39, 0.29) is 18.1 Å². The highest BCUT2D eigenvalue weighted by Crippen LogP contribution is 2.32. The Morgan fingerprint density at radius 1 is 1.48 bits per heavy atom. The van der Waals surface area contributed by atoms with Crippen molar-refractivity contribution in [2.24, 2.45) is 0 Å². The molecule has 0 spiro atoms. The molecule has 0 radical (unpaired) electrons. The van der Waals surface area contributed by atoms with Gasteiger partial charge in [0.05, 0.1) is 6.42 Å². The van der Waals surface area contributed by atoms with Crippen LogP contribution in [0.25, 0.3) is 0 Å². The maximum absolute atomic E-state index is 10.8. The minimum absolute atomic E-state index is 0.0752. The molecule has 1 N–H and O–H groups in total. The first-order valence-electron chi connectivity index (χ1n) is 7.17. The van der Waals surface area contributed by atoms with Gasteiger partial charge in [-0.3, -0.25) is 9.69 Å². The van der Waals surface area contributed by atoms with E-state index in [1.165, 1.54) is 5.56 Å². The molecule has 0 bridgehead atoms. The minimum atomic E-state index is -0.760. The van der Waals surface area contributed by atoms with Crippen LogP contribution >= 0.6 is 15.9 Å². The number of benzene rings is 1. The molecule has 21 heavy (non-hydrogen) atoms. The second-order valence-electron chi connectivity index (χ2n) is 6.46. The Balaban J connectivity index is 2.01. The summed E-state index contributed by atoms with van der Waals surface area (Å²) in [4.78, 5) is 13.0. The number of rotatable bonds is 5. The lowest BCUT2D eigenvalue weighted by Gasteiger charge is -2.36. The van der Waals surface area contributed by atoms with Gasteiger partial charge >= 0.3 is 5.97 Å². The lowest BCUT2D eigenvalue weighted by atomic mass is 10.0. The number of nitrogens with zero attached hydrogens (tertiary/aromatic N) is 1. The van der Waals surface area contributed by atoms with Crippen LogP contribution in [0.5, 0.6) is 5.75 Å². The van der Waals surface area contributed by atoms with Crippen LogP contribution in [0.2, 0.25) is 0 Å². The molecule has 1 heterocycles. The van der Waals surface area contributed by atoms with Crippen molar-refractivity contribution < 1.29 is 14.6 Å². The van der Waals surface area contributed by atoms with Crippen molar-refractivity contribution in [3.8, 4) is 5.75 Å². The topological polar surface area (TPSA) is 49.8 Å². The van der Waals surface area contributed by atoms with Crippen LogP contribution in [-0.4, -0.2) is 40.7 Å². The zero-order chi connectivity index (χ0) is 15.6. The molecule has 2 rings (SSSR count). The molecule has 1 atom stereocenters. The number of hydrogen-bond acceptors (Lipinski definition) is 3. The van der Waals surface area contributed by atoms with Crippen molar-refractivity contribution in [1.82, 2.24) is 4.90 Å². The van der Waals surface area contributed by atoms with Gasteiger partial charge in [0, 0.05) is 29.5 Å². The Morgan fingerprint density at radius 3 is 2.81 bits per heavy atom. The highest BCUT2D eigenvalue weighted by molar-refractivity contribution is 9.10. The standard InChI is InChI=1S/C16H22BrNO3/c1-16(2,3)18(7-6-15(19)20)10-13-9-11-8-12(17)4-5-14(11)21-13/h4-5,8,13H,6-7,9-10H2,1-3H3,(H,19,20). The first-order valence-corrected chi connectivity index (χ1v) is 7.97. The maximum atomic E-state index is 10.8. The molecule has 1 aromatic carbocycles. The zero-order valence-corrected chi connectivity index (χ0v) is 14.3. The van der Waals surface area contributed by atoms with Gasteiger partial charge in [-0.15, -0.1) is 0 Å². The lowest BCUT2D eigenvalue weighted by Crippen LogP contribution is -2.47. The summed E-state index contributed by atoms with van der Waals surface area (Å²) in [5.41, 5.74) is 1.13. The average molecular weight is 356 g/mol. The molecule has 116 valence electrons. The number of aliphatic carboxylic acids is 1. The molecular formula is C16H22BrNO3. The fourth-order valence-electron chi connectivity index (χ4n) is 2.57. The predicted molar refractivity (Wildman–Crippen MR) is 85.8 cm³/mol. The Kier molecular flexibility index (Phi) is 4.94. The Bertz CT molecular complexity index is 525. The van der Waals surface area contributed by atoms with Crippen LogP contribution in [0.4, 0.5) is 0 Å². The van der Waals surface area contributed by atoms with Crippen LogP contribution < -0.4 is 4.74 Å². The fourth-order valence-corrected chi connectivity index (χ4v) is 2.98. The Hall–Kier alpha value is -1.07. The molecular weight excluding hydrogens is 334 g/mol. The molecule has 1 unspecified atom stereocenters. The van der Waals surface area contributed by atoms with E-state index in [1.54, 1.807) is 0 Å². The number of hydrogen-bond donors (Lipinski definition) is 1. The number of ether oxygens (including phenoxy) is 1. The predicted octanol–water partition coefficient (Wildman–Crippen LogP) is 3.33. The third kappa shape index (κ3) is 4.45. The summed E-state index contributed by atoms with van der Waals surface area (Å²) in [6.07, 6.45) is 1.11. The molecule has 0 aromatic heterocycles. The first-order chi connectivity index (χ1) is 9.75. The van der Waals surface area contributed by atoms with Crippen molar-refractivity contribution in [3.63, 3.8) is 0 Å². The van der Waals surface area contributed by atoms with Crippen molar-refractivity contribution in [2.45, 2.75) is 45.3 Å². The highest BCUT2D eigenvalue weighted by atomic mass is 79.9. The van der Waals surface area contributed by atoms with Gasteiger partial charge < -0.3 is 9.84 Å². The summed E-state index contributed by atoms with van der Waals surface area (Å²) in [7, 11) is 0. The Labute approximate surface area is 134 Å². The number of fused-ring (bicyclic) bond motifs is 1. The maximum Gasteiger partial charge on any atom is 0.304 e. The third-order valence-corrected chi connectivity index (χ3v) is 4.23. The van der Waals surface area contributed by atoms with Gasteiger partial charge in [-0.1, -0.05) is 15.9 Å². The number of carbonyl (C=O) groups is 1. The van der Waals surface area contributed by atoms with Crippen molar-refractivity contribution in [3.05, 3.63) is 28.2 Å². The molecule has 0 fully saturated rings. The quantitative estimate of drug-likeness (QED) is 0.879. The molecule has 1 aliphatic heterocycles. The summed E-state index contributed by atoms with van der Waals surface area (Å²) in [6.45, 7) is 7.59. The molecule has 0 saturated carbocycles. The van der Waals surface area contributed by atoms with Crippen LogP contribution in [0.1, 0.15) is 32.8 Å². The summed E-state index contributed by atoms with van der Waals surface area (Å²) >= 11 is 3.48. The summed E-state index contributed by atoms with van der Waals surface area (Å²) in [6, 6.07) is 6.05. The normalized spacial score (nSPS) is 17.7. The van der Waals surface area contributed by atoms with Crippen molar-refractivity contribution in [1.29, 1.82) is 0 Å². The van der Waals surface area contributed by atoms with E-state index in [1.807, 2.05) is 12.1 Å². The van der Waals surface area contributed by atoms with Crippen molar-refractivity contribution in [2.75, 3.05) is 13.1 Å². The molecule has 1 aromatic rings. The van der Waals surface area contributed by atoms with Crippen LogP contribution in [0.3, 0.4) is 0 Å². The lowest BCUT2D eigenvalue weighted by molar-refractivity contribution is -0.137. The average Bonchev–Trinajstić information content (AvgIpc) is 2.74. The van der Waals surface area contributed by atoms with Gasteiger partial charge in [-0.05, 0) is 44.5 Å². The second kappa shape index (κ2) is 6.36. The largest absolute Gasteiger partial charge is 0.488 e. The van der Waals surface area contributed by atoms with E-state index in [4.69, 9.17) is 9.84 Å². The smallest absolute Gasteiger partial charge is 0.304 e. The van der Waals surface area contributed by atoms with E-state index in [2.05, 4.69) is 47.7 Å². The van der Waals surface area contributed by atoms with E-state index >= 15 is 0 Å². The molecule has 0 saturated heterocycles. The summed E-state index contributed by atoms with van der Waals surface area (Å²) < 4.78 is 7.04. The molecule has 1 aliphatic rings. The molecule has 0 aliphatic carbocycles. The van der Waals surface area contributed by atoms with Gasteiger partial charge in [0.25, 0.3) is 0 Å². The van der Waals surface area contributed by atoms with E-state index in [0.717, 1.165) is 23.2 Å². The van der Waals surface area contributed by atoms with Crippen LogP contribution in [-0.2, 0) is 11.2 Å². The zero-order valence-electron chi connectivity index (χ0n) is 12.7. The van der Waals surface area contributed by atoms with E-state index in [0.29, 0.717) is 6.54 Å². The highest BCUT2D eigenvalue weighted by Gasteiger charge is 2.29. The van der Waals surface area contributed by atoms with Gasteiger partial charge in [-0.25, -0.2) is 0 Å². The van der Waals surface area contributed by atoms with Gasteiger partial charge in [0.15, 0.2) is 0 Å². The van der Waals surface area contributed by atoms with Crippen LogP contribution in [0, 0.1) is 0 Å². The monoisotopic (exact) mass is 355 g/mol. The van der Waals surface area contributed by atoms with Crippen LogP contribution in [0.15, 0.2) is 22.7 Å². The fraction of sp³-hybridized carbons (Fsp3) is 0.562. The number of halogens is 1. The molecule has 5 heteroatoms. The number of carboxylic acid groups (broad SMARTS) is 1. The van der Waals surface area contributed by atoms with Crippen molar-refractivity contribution >= 4 is 21.9 Å². The first kappa shape index (κ1) is 16.3. The van der Waals surface area contributed by atoms with E-state index < -0.39 is 5.97 Å². The van der Waals surface area contributed by atoms with Gasteiger partial charge in [0.2, 0.25) is 0 Å². The molecule has 0 amide bonds. The number of carboxylic acids is 1. The molecule has 4 nitrogen and oxygen atoms in total. The summed E-state index contributed by atoms with van der Waals surface area (Å²) in [5, 5.41) is 8.90. The third-order valence-electron chi connectivity index (χ3n) is 3.73. The minimum Gasteiger partial charge on any atom is -0.488 e. The van der Waals surface area contributed by atoms with Gasteiger partial charge in [0.1, 0.15) is 11.9 Å². The summed E-state index contributed by atoms with van der Waals surface area (Å²) in [5.74, 6) is 0.180. The SMILES string of the molecule is CC(C)(C)N(CCC(=O)O)CC1Cc2cc(Br)ccc2O1. The van der Waals surface area contributed by atoms with Gasteiger partial charge in [-0.2, -0.15) is 0 Å². The van der Waals surface area contributed by atoms with E-state index in [9.17, 15) is 4.79 Å².